The topological polar surface area (TPSA) is 22.8 Å². The molecule has 6 heteroatoms. The molecule has 3 nitrogen and oxygen atoms in total. The van der Waals surface area contributed by atoms with Gasteiger partial charge >= 0.3 is 0 Å². The summed E-state index contributed by atoms with van der Waals surface area (Å²) in [5.41, 5.74) is 0.983. The number of nitrogens with zero attached hydrogens (tertiary/aromatic N) is 3. The fourth-order valence-corrected chi connectivity index (χ4v) is 2.77. The number of hydrogen-bond acceptors (Lipinski definition) is 1. The third-order valence-corrected chi connectivity index (χ3v) is 4.02. The molecule has 0 bridgehead atoms. The van der Waals surface area contributed by atoms with E-state index < -0.39 is 0 Å². The number of halogens is 3. The quantitative estimate of drug-likeness (QED) is 0.688. The Hall–Kier alpha value is -1.16. The van der Waals surface area contributed by atoms with Crippen molar-refractivity contribution in [2.45, 2.75) is 6.54 Å². The third kappa shape index (κ3) is 2.22. The Bertz CT molecular complexity index is 758. The second kappa shape index (κ2) is 4.75. The van der Waals surface area contributed by atoms with Crippen molar-refractivity contribution in [3.63, 3.8) is 0 Å². The number of hydrogen-bond donors (Lipinski definition) is 0. The van der Waals surface area contributed by atoms with Gasteiger partial charge in [0.25, 0.3) is 0 Å². The van der Waals surface area contributed by atoms with Crippen molar-refractivity contribution < 1.29 is 0 Å². The highest BCUT2D eigenvalue weighted by Gasteiger charge is 2.10. The van der Waals surface area contributed by atoms with E-state index in [2.05, 4.69) is 4.98 Å². The van der Waals surface area contributed by atoms with Crippen LogP contribution in [-0.2, 0) is 13.6 Å². The van der Waals surface area contributed by atoms with Gasteiger partial charge in [-0.3, -0.25) is 0 Å². The third-order valence-electron chi connectivity index (χ3n) is 3.14. The highest BCUT2D eigenvalue weighted by atomic mass is 35.5. The lowest BCUT2D eigenvalue weighted by molar-refractivity contribution is 0.718. The Balaban J connectivity index is 2.09. The second-order valence-corrected chi connectivity index (χ2v) is 5.55. The lowest BCUT2D eigenvalue weighted by Crippen LogP contribution is -2.05. The minimum absolute atomic E-state index is 0.613. The van der Waals surface area contributed by atoms with Gasteiger partial charge in [-0.05, 0) is 18.2 Å². The molecule has 2 aromatic heterocycles. The van der Waals surface area contributed by atoms with Gasteiger partial charge in [0, 0.05) is 23.7 Å². The van der Waals surface area contributed by atoms with E-state index >= 15 is 0 Å². The van der Waals surface area contributed by atoms with Crippen molar-refractivity contribution in [1.29, 1.82) is 0 Å². The molecule has 0 unspecified atom stereocenters. The summed E-state index contributed by atoms with van der Waals surface area (Å²) in [7, 11) is 1.89. The summed E-state index contributed by atoms with van der Waals surface area (Å²) in [6, 6.07) is 5.61. The molecule has 0 saturated carbocycles. The Morgan fingerprint density at radius 2 is 2.00 bits per heavy atom. The molecule has 3 rings (SSSR count). The molecule has 19 heavy (non-hydrogen) atoms. The summed E-state index contributed by atoms with van der Waals surface area (Å²) in [6.45, 7) is 0.614. The minimum atomic E-state index is 0.613. The van der Waals surface area contributed by atoms with Crippen LogP contribution >= 0.6 is 34.8 Å². The van der Waals surface area contributed by atoms with Crippen LogP contribution in [0.5, 0.6) is 0 Å². The molecule has 0 saturated heterocycles. The maximum Gasteiger partial charge on any atom is 0.129 e. The summed E-state index contributed by atoms with van der Waals surface area (Å²) in [5.74, 6) is 0.874. The van der Waals surface area contributed by atoms with Gasteiger partial charge < -0.3 is 9.13 Å². The standard InChI is InChI=1S/C13H10Cl3N3/c1-18-12(16)6-17-13(18)7-19-3-2-9-10(15)4-8(14)5-11(9)19/h2-6H,7H2,1H3. The van der Waals surface area contributed by atoms with E-state index in [1.54, 1.807) is 12.3 Å². The Morgan fingerprint density at radius 3 is 2.68 bits per heavy atom. The van der Waals surface area contributed by atoms with E-state index in [9.17, 15) is 0 Å². The van der Waals surface area contributed by atoms with Gasteiger partial charge in [-0.2, -0.15) is 0 Å². The molecule has 3 aromatic rings. The molecular formula is C13H10Cl3N3. The molecule has 0 spiro atoms. The lowest BCUT2D eigenvalue weighted by Gasteiger charge is -2.07. The smallest absolute Gasteiger partial charge is 0.129 e. The highest BCUT2D eigenvalue weighted by Crippen LogP contribution is 2.29. The van der Waals surface area contributed by atoms with Crippen molar-refractivity contribution in [2.75, 3.05) is 0 Å². The number of imidazole rings is 1. The summed E-state index contributed by atoms with van der Waals surface area (Å²) in [5, 5.41) is 2.86. The first-order valence-corrected chi connectivity index (χ1v) is 6.79. The summed E-state index contributed by atoms with van der Waals surface area (Å²) < 4.78 is 3.89. The zero-order chi connectivity index (χ0) is 13.6. The normalized spacial score (nSPS) is 11.4. The molecule has 0 atom stereocenters. The van der Waals surface area contributed by atoms with Crippen molar-refractivity contribution >= 4 is 45.7 Å². The zero-order valence-electron chi connectivity index (χ0n) is 10.1. The van der Waals surface area contributed by atoms with Gasteiger partial charge in [-0.25, -0.2) is 4.98 Å². The van der Waals surface area contributed by atoms with Gasteiger partial charge in [0.2, 0.25) is 0 Å². The first kappa shape index (κ1) is 12.9. The molecule has 0 aliphatic heterocycles. The Labute approximate surface area is 125 Å². The number of benzene rings is 1. The zero-order valence-corrected chi connectivity index (χ0v) is 12.3. The average molecular weight is 315 g/mol. The van der Waals surface area contributed by atoms with Crippen LogP contribution in [0.2, 0.25) is 15.2 Å². The molecule has 2 heterocycles. The fourth-order valence-electron chi connectivity index (χ4n) is 2.08. The van der Waals surface area contributed by atoms with Gasteiger partial charge in [0.15, 0.2) is 0 Å². The predicted octanol–water partition coefficient (Wildman–Crippen LogP) is 4.38. The van der Waals surface area contributed by atoms with Crippen molar-refractivity contribution in [1.82, 2.24) is 14.1 Å². The van der Waals surface area contributed by atoms with Crippen LogP contribution in [-0.4, -0.2) is 14.1 Å². The monoisotopic (exact) mass is 313 g/mol. The van der Waals surface area contributed by atoms with E-state index in [0.29, 0.717) is 21.7 Å². The van der Waals surface area contributed by atoms with Crippen LogP contribution in [0.3, 0.4) is 0 Å². The molecule has 0 N–H and O–H groups in total. The maximum absolute atomic E-state index is 6.17. The second-order valence-electron chi connectivity index (χ2n) is 4.32. The van der Waals surface area contributed by atoms with E-state index in [0.717, 1.165) is 16.7 Å². The highest BCUT2D eigenvalue weighted by molar-refractivity contribution is 6.38. The van der Waals surface area contributed by atoms with Crippen LogP contribution in [0.15, 0.2) is 30.6 Å². The average Bonchev–Trinajstić information content (AvgIpc) is 2.89. The molecule has 98 valence electrons. The number of rotatable bonds is 2. The van der Waals surface area contributed by atoms with E-state index in [4.69, 9.17) is 34.8 Å². The van der Waals surface area contributed by atoms with Crippen molar-refractivity contribution in [2.24, 2.45) is 7.05 Å². The predicted molar refractivity (Wildman–Crippen MR) is 79.3 cm³/mol. The first-order chi connectivity index (χ1) is 9.06. The van der Waals surface area contributed by atoms with E-state index in [1.165, 1.54) is 0 Å². The SMILES string of the molecule is Cn1c(Cl)cnc1Cn1ccc2c(Cl)cc(Cl)cc21. The summed E-state index contributed by atoms with van der Waals surface area (Å²) >= 11 is 18.2. The van der Waals surface area contributed by atoms with Crippen LogP contribution in [0.1, 0.15) is 5.82 Å². The largest absolute Gasteiger partial charge is 0.340 e. The molecular weight excluding hydrogens is 305 g/mol. The molecule has 0 radical (unpaired) electrons. The van der Waals surface area contributed by atoms with Gasteiger partial charge in [0.05, 0.1) is 23.3 Å². The molecule has 0 aliphatic carbocycles. The minimum Gasteiger partial charge on any atom is -0.340 e. The lowest BCUT2D eigenvalue weighted by atomic mass is 10.2. The van der Waals surface area contributed by atoms with Gasteiger partial charge in [0.1, 0.15) is 11.0 Å². The Kier molecular flexibility index (Phi) is 3.21. The molecule has 0 amide bonds. The molecule has 0 fully saturated rings. The summed E-state index contributed by atoms with van der Waals surface area (Å²) in [6.07, 6.45) is 3.61. The van der Waals surface area contributed by atoms with Crippen LogP contribution < -0.4 is 0 Å². The van der Waals surface area contributed by atoms with Crippen LogP contribution in [0.4, 0.5) is 0 Å². The van der Waals surface area contributed by atoms with E-state index in [1.807, 2.05) is 34.5 Å². The van der Waals surface area contributed by atoms with E-state index in [-0.39, 0.29) is 0 Å². The van der Waals surface area contributed by atoms with Gasteiger partial charge in [-0.1, -0.05) is 34.8 Å². The van der Waals surface area contributed by atoms with Crippen molar-refractivity contribution in [3.8, 4) is 0 Å². The fraction of sp³-hybridized carbons (Fsp3) is 0.154. The number of aromatic nitrogens is 3. The van der Waals surface area contributed by atoms with Gasteiger partial charge in [-0.15, -0.1) is 0 Å². The van der Waals surface area contributed by atoms with Crippen LogP contribution in [0.25, 0.3) is 10.9 Å². The van der Waals surface area contributed by atoms with Crippen molar-refractivity contribution in [3.05, 3.63) is 51.6 Å². The van der Waals surface area contributed by atoms with Crippen LogP contribution in [0, 0.1) is 0 Å². The Morgan fingerprint density at radius 1 is 1.21 bits per heavy atom. The molecule has 0 aliphatic rings. The maximum atomic E-state index is 6.17. The number of fused-ring (bicyclic) bond motifs is 1. The molecule has 1 aromatic carbocycles. The first-order valence-electron chi connectivity index (χ1n) is 5.66. The summed E-state index contributed by atoms with van der Waals surface area (Å²) in [4.78, 5) is 4.29.